The van der Waals surface area contributed by atoms with Crippen molar-refractivity contribution >= 4 is 34.1 Å². The van der Waals surface area contributed by atoms with Crippen LogP contribution in [0.2, 0.25) is 0 Å². The Hall–Kier alpha value is -3.65. The number of carbonyl (C=O) groups excluding carboxylic acids is 3. The van der Waals surface area contributed by atoms with E-state index >= 15 is 0 Å². The zero-order valence-electron chi connectivity index (χ0n) is 18.8. The number of benzene rings is 2. The fourth-order valence-corrected chi connectivity index (χ4v) is 4.36. The van der Waals surface area contributed by atoms with Gasteiger partial charge in [-0.3, -0.25) is 9.59 Å². The molecule has 0 atom stereocenters. The molecule has 2 N–H and O–H groups in total. The van der Waals surface area contributed by atoms with E-state index in [1.165, 1.54) is 7.11 Å². The van der Waals surface area contributed by atoms with Crippen LogP contribution < -0.4 is 15.4 Å². The van der Waals surface area contributed by atoms with Crippen molar-refractivity contribution in [3.8, 4) is 5.75 Å². The first-order chi connectivity index (χ1) is 15.9. The number of thiophene rings is 1. The average molecular weight is 467 g/mol. The van der Waals surface area contributed by atoms with Crippen molar-refractivity contribution in [2.24, 2.45) is 0 Å². The normalized spacial score (nSPS) is 10.4. The lowest BCUT2D eigenvalue weighted by Gasteiger charge is -2.09. The number of carbonyl (C=O) groups is 3. The van der Waals surface area contributed by atoms with E-state index in [9.17, 15) is 14.4 Å². The molecule has 1 aromatic heterocycles. The van der Waals surface area contributed by atoms with Gasteiger partial charge in [-0.1, -0.05) is 48.5 Å². The Bertz CT molecular complexity index is 1140. The molecule has 0 radical (unpaired) electrons. The number of ether oxygens (including phenoxy) is 2. The number of para-hydroxylation sites is 1. The number of anilines is 1. The first-order valence-corrected chi connectivity index (χ1v) is 11.2. The second-order valence-corrected chi connectivity index (χ2v) is 8.37. The SMILES string of the molecule is COC(=O)c1c(NC(=O)COc2ccccc2C)sc(C(=O)NCCc2ccccc2)c1C. The van der Waals surface area contributed by atoms with Gasteiger partial charge in [-0.25, -0.2) is 4.79 Å². The molecule has 33 heavy (non-hydrogen) atoms. The Kier molecular flexibility index (Phi) is 8.21. The molecule has 3 aromatic rings. The predicted octanol–water partition coefficient (Wildman–Crippen LogP) is 4.14. The summed E-state index contributed by atoms with van der Waals surface area (Å²) in [5.74, 6) is -0.778. The van der Waals surface area contributed by atoms with Gasteiger partial charge in [0.15, 0.2) is 6.61 Å². The Labute approximate surface area is 196 Å². The molecule has 0 aliphatic heterocycles. The van der Waals surface area contributed by atoms with E-state index in [1.807, 2.05) is 55.5 Å². The number of rotatable bonds is 9. The number of nitrogens with one attached hydrogen (secondary N) is 2. The van der Waals surface area contributed by atoms with Crippen molar-refractivity contribution in [1.82, 2.24) is 5.32 Å². The maximum absolute atomic E-state index is 12.8. The van der Waals surface area contributed by atoms with Gasteiger partial charge in [0.05, 0.1) is 17.6 Å². The Morgan fingerprint density at radius 3 is 2.36 bits per heavy atom. The second-order valence-electron chi connectivity index (χ2n) is 7.35. The van der Waals surface area contributed by atoms with Crippen LogP contribution in [0.5, 0.6) is 5.75 Å². The Morgan fingerprint density at radius 1 is 0.970 bits per heavy atom. The lowest BCUT2D eigenvalue weighted by atomic mass is 10.1. The van der Waals surface area contributed by atoms with Crippen LogP contribution in [0, 0.1) is 13.8 Å². The monoisotopic (exact) mass is 466 g/mol. The largest absolute Gasteiger partial charge is 0.483 e. The molecule has 0 bridgehead atoms. The molecule has 3 rings (SSSR count). The summed E-state index contributed by atoms with van der Waals surface area (Å²) in [5, 5.41) is 5.82. The first kappa shape index (κ1) is 24.0. The number of hydrogen-bond acceptors (Lipinski definition) is 6. The molecule has 2 aromatic carbocycles. The number of hydrogen-bond donors (Lipinski definition) is 2. The summed E-state index contributed by atoms with van der Waals surface area (Å²) in [6.45, 7) is 3.75. The van der Waals surface area contributed by atoms with Crippen molar-refractivity contribution < 1.29 is 23.9 Å². The molecular weight excluding hydrogens is 440 g/mol. The smallest absolute Gasteiger partial charge is 0.341 e. The van der Waals surface area contributed by atoms with Crippen molar-refractivity contribution in [3.05, 3.63) is 81.7 Å². The highest BCUT2D eigenvalue weighted by Gasteiger charge is 2.26. The molecule has 0 aliphatic rings. The molecule has 0 saturated heterocycles. The minimum atomic E-state index is -0.623. The van der Waals surface area contributed by atoms with Crippen LogP contribution in [0.3, 0.4) is 0 Å². The standard InChI is InChI=1S/C25H26N2O5S/c1-16-9-7-8-12-19(16)32-15-20(28)27-24-21(25(30)31-3)17(2)22(33-24)23(29)26-14-13-18-10-5-4-6-11-18/h4-12H,13-15H2,1-3H3,(H,26,29)(H,27,28). The highest BCUT2D eigenvalue weighted by molar-refractivity contribution is 7.18. The van der Waals surface area contributed by atoms with E-state index in [-0.39, 0.29) is 23.1 Å². The molecule has 7 nitrogen and oxygen atoms in total. The van der Waals surface area contributed by atoms with Crippen LogP contribution in [0.25, 0.3) is 0 Å². The molecule has 8 heteroatoms. The Balaban J connectivity index is 1.69. The van der Waals surface area contributed by atoms with Crippen molar-refractivity contribution in [2.75, 3.05) is 25.6 Å². The van der Waals surface area contributed by atoms with E-state index in [1.54, 1.807) is 13.0 Å². The van der Waals surface area contributed by atoms with Crippen LogP contribution in [0.4, 0.5) is 5.00 Å². The minimum absolute atomic E-state index is 0.167. The van der Waals surface area contributed by atoms with E-state index in [4.69, 9.17) is 9.47 Å². The van der Waals surface area contributed by atoms with Crippen molar-refractivity contribution in [1.29, 1.82) is 0 Å². The Morgan fingerprint density at radius 2 is 1.67 bits per heavy atom. The van der Waals surface area contributed by atoms with Gasteiger partial charge in [0.25, 0.3) is 11.8 Å². The summed E-state index contributed by atoms with van der Waals surface area (Å²) in [5.41, 5.74) is 2.64. The van der Waals surface area contributed by atoms with Crippen LogP contribution in [0.15, 0.2) is 54.6 Å². The predicted molar refractivity (Wildman–Crippen MR) is 128 cm³/mol. The van der Waals surface area contributed by atoms with Gasteiger partial charge in [0.1, 0.15) is 10.8 Å². The summed E-state index contributed by atoms with van der Waals surface area (Å²) in [7, 11) is 1.26. The minimum Gasteiger partial charge on any atom is -0.483 e. The van der Waals surface area contributed by atoms with Gasteiger partial charge in [-0.15, -0.1) is 11.3 Å². The second kappa shape index (κ2) is 11.3. The maximum atomic E-state index is 12.8. The molecule has 0 aliphatic carbocycles. The van der Waals surface area contributed by atoms with E-state index in [0.29, 0.717) is 29.2 Å². The first-order valence-electron chi connectivity index (χ1n) is 10.4. The highest BCUT2D eigenvalue weighted by atomic mass is 32.1. The maximum Gasteiger partial charge on any atom is 0.341 e. The quantitative estimate of drug-likeness (QED) is 0.462. The van der Waals surface area contributed by atoms with Gasteiger partial charge in [0.2, 0.25) is 0 Å². The fourth-order valence-electron chi connectivity index (χ4n) is 3.24. The molecule has 2 amide bonds. The summed E-state index contributed by atoms with van der Waals surface area (Å²) in [6, 6.07) is 17.2. The van der Waals surface area contributed by atoms with Gasteiger partial charge in [0, 0.05) is 6.54 Å². The van der Waals surface area contributed by atoms with E-state index in [0.717, 1.165) is 22.5 Å². The van der Waals surface area contributed by atoms with Gasteiger partial charge in [-0.05, 0) is 43.0 Å². The zero-order chi connectivity index (χ0) is 23.8. The third-order valence-corrected chi connectivity index (χ3v) is 6.20. The van der Waals surface area contributed by atoms with Gasteiger partial charge in [-0.2, -0.15) is 0 Å². The third-order valence-electron chi connectivity index (χ3n) is 4.99. The van der Waals surface area contributed by atoms with Crippen LogP contribution in [-0.4, -0.2) is 38.0 Å². The summed E-state index contributed by atoms with van der Waals surface area (Å²) < 4.78 is 10.4. The summed E-state index contributed by atoms with van der Waals surface area (Å²) in [6.07, 6.45) is 0.681. The summed E-state index contributed by atoms with van der Waals surface area (Å²) >= 11 is 1.04. The molecule has 1 heterocycles. The van der Waals surface area contributed by atoms with E-state index in [2.05, 4.69) is 10.6 Å². The van der Waals surface area contributed by atoms with E-state index < -0.39 is 11.9 Å². The van der Waals surface area contributed by atoms with Crippen LogP contribution in [-0.2, 0) is 16.0 Å². The van der Waals surface area contributed by atoms with Crippen molar-refractivity contribution in [3.63, 3.8) is 0 Å². The molecule has 0 fully saturated rings. The lowest BCUT2D eigenvalue weighted by molar-refractivity contribution is -0.118. The number of amides is 2. The van der Waals surface area contributed by atoms with Crippen LogP contribution in [0.1, 0.15) is 36.7 Å². The molecule has 172 valence electrons. The number of esters is 1. The molecule has 0 saturated carbocycles. The summed E-state index contributed by atoms with van der Waals surface area (Å²) in [4.78, 5) is 38.0. The highest BCUT2D eigenvalue weighted by Crippen LogP contribution is 2.33. The molecule has 0 spiro atoms. The van der Waals surface area contributed by atoms with Crippen molar-refractivity contribution in [2.45, 2.75) is 20.3 Å². The number of aryl methyl sites for hydroxylation is 1. The molecular formula is C25H26N2O5S. The zero-order valence-corrected chi connectivity index (χ0v) is 19.6. The van der Waals surface area contributed by atoms with Gasteiger partial charge >= 0.3 is 5.97 Å². The van der Waals surface area contributed by atoms with Gasteiger partial charge < -0.3 is 20.1 Å². The fraction of sp³-hybridized carbons (Fsp3) is 0.240. The lowest BCUT2D eigenvalue weighted by Crippen LogP contribution is -2.25. The average Bonchev–Trinajstić information content (AvgIpc) is 3.14. The van der Waals surface area contributed by atoms with Crippen LogP contribution >= 0.6 is 11.3 Å². The molecule has 0 unspecified atom stereocenters. The third kappa shape index (κ3) is 6.20. The topological polar surface area (TPSA) is 93.7 Å². The number of methoxy groups -OCH3 is 1.